The molecule has 106 valence electrons. The maximum Gasteiger partial charge on any atom is 0.246 e. The summed E-state index contributed by atoms with van der Waals surface area (Å²) in [5.74, 6) is -0.193. The number of aliphatic hydroxyl groups is 1. The second-order valence-electron chi connectivity index (χ2n) is 6.01. The fourth-order valence-corrected chi connectivity index (χ4v) is 2.13. The molecule has 0 spiro atoms. The minimum atomic E-state index is -0.751. The summed E-state index contributed by atoms with van der Waals surface area (Å²) in [6.07, 6.45) is 3.46. The number of nitrogens with two attached hydrogens (primary N) is 1. The summed E-state index contributed by atoms with van der Waals surface area (Å²) in [6.45, 7) is 5.54. The molecule has 5 nitrogen and oxygen atoms in total. The molecule has 0 unspecified atom stereocenters. The molecule has 18 heavy (non-hydrogen) atoms. The van der Waals surface area contributed by atoms with Crippen molar-refractivity contribution in [3.63, 3.8) is 0 Å². The molecule has 0 aromatic heterocycles. The van der Waals surface area contributed by atoms with Gasteiger partial charge >= 0.3 is 0 Å². The fraction of sp³-hybridized carbons (Fsp3) is 0.923. The molecule has 0 bridgehead atoms. The summed E-state index contributed by atoms with van der Waals surface area (Å²) in [6, 6.07) is 0. The highest BCUT2D eigenvalue weighted by atomic mass is 16.5. The van der Waals surface area contributed by atoms with Crippen molar-refractivity contribution in [2.24, 2.45) is 11.1 Å². The van der Waals surface area contributed by atoms with Gasteiger partial charge in [-0.15, -0.1) is 0 Å². The molecule has 5 heteroatoms. The molecule has 4 N–H and O–H groups in total. The Labute approximate surface area is 109 Å². The molecule has 0 saturated heterocycles. The first kappa shape index (κ1) is 15.4. The normalized spacial score (nSPS) is 21.6. The second-order valence-corrected chi connectivity index (χ2v) is 6.01. The van der Waals surface area contributed by atoms with Crippen molar-refractivity contribution >= 4 is 5.91 Å². The lowest BCUT2D eigenvalue weighted by Gasteiger charge is -2.40. The van der Waals surface area contributed by atoms with Gasteiger partial charge in [-0.3, -0.25) is 4.79 Å². The maximum absolute atomic E-state index is 11.4. The molecule has 0 atom stereocenters. The minimum Gasteiger partial charge on any atom is -0.388 e. The van der Waals surface area contributed by atoms with E-state index in [1.165, 1.54) is 0 Å². The van der Waals surface area contributed by atoms with Gasteiger partial charge in [0, 0.05) is 13.1 Å². The van der Waals surface area contributed by atoms with Crippen molar-refractivity contribution in [2.75, 3.05) is 26.3 Å². The Hall–Kier alpha value is -0.650. The minimum absolute atomic E-state index is 0.0127. The molecule has 1 aliphatic rings. The van der Waals surface area contributed by atoms with Crippen LogP contribution in [0.4, 0.5) is 0 Å². The highest BCUT2D eigenvalue weighted by Crippen LogP contribution is 2.39. The topological polar surface area (TPSA) is 84.6 Å². The largest absolute Gasteiger partial charge is 0.388 e. The Bertz CT molecular complexity index is 269. The summed E-state index contributed by atoms with van der Waals surface area (Å²) < 4.78 is 5.03. The van der Waals surface area contributed by atoms with Crippen molar-refractivity contribution in [3.05, 3.63) is 0 Å². The van der Waals surface area contributed by atoms with Crippen LogP contribution >= 0.6 is 0 Å². The maximum atomic E-state index is 11.4. The number of rotatable bonds is 6. The fourth-order valence-electron chi connectivity index (χ4n) is 2.13. The Kier molecular flexibility index (Phi) is 5.56. The number of ether oxygens (including phenoxy) is 1. The zero-order chi connectivity index (χ0) is 13.6. The number of hydrogen-bond acceptors (Lipinski definition) is 4. The molecule has 0 aromatic rings. The Balaban J connectivity index is 2.24. The van der Waals surface area contributed by atoms with Gasteiger partial charge in [0.2, 0.25) is 5.91 Å². The lowest BCUT2D eigenvalue weighted by atomic mass is 9.71. The average Bonchev–Trinajstić information content (AvgIpc) is 2.32. The van der Waals surface area contributed by atoms with E-state index in [1.807, 2.05) is 0 Å². The highest BCUT2D eigenvalue weighted by molar-refractivity contribution is 5.77. The lowest BCUT2D eigenvalue weighted by molar-refractivity contribution is -0.127. The van der Waals surface area contributed by atoms with E-state index in [1.54, 1.807) is 0 Å². The van der Waals surface area contributed by atoms with E-state index in [4.69, 9.17) is 10.5 Å². The molecule has 1 aliphatic carbocycles. The molecule has 1 saturated carbocycles. The molecule has 1 fully saturated rings. The Morgan fingerprint density at radius 2 is 1.94 bits per heavy atom. The van der Waals surface area contributed by atoms with Gasteiger partial charge in [-0.25, -0.2) is 0 Å². The van der Waals surface area contributed by atoms with E-state index in [-0.39, 0.29) is 12.5 Å². The summed E-state index contributed by atoms with van der Waals surface area (Å²) in [4.78, 5) is 11.4. The quantitative estimate of drug-likeness (QED) is 0.602. The van der Waals surface area contributed by atoms with Crippen LogP contribution < -0.4 is 11.1 Å². The van der Waals surface area contributed by atoms with Crippen LogP contribution in [0.3, 0.4) is 0 Å². The van der Waals surface area contributed by atoms with E-state index >= 15 is 0 Å². The van der Waals surface area contributed by atoms with Crippen LogP contribution in [0.2, 0.25) is 0 Å². The smallest absolute Gasteiger partial charge is 0.246 e. The van der Waals surface area contributed by atoms with Gasteiger partial charge < -0.3 is 20.9 Å². The standard InChI is InChI=1S/C13H26N2O3/c1-12(2)3-5-13(17,6-4-12)10-15-11(16)9-18-8-7-14/h17H,3-10,14H2,1-2H3,(H,15,16). The van der Waals surface area contributed by atoms with Crippen molar-refractivity contribution in [3.8, 4) is 0 Å². The molecule has 1 rings (SSSR count). The van der Waals surface area contributed by atoms with E-state index < -0.39 is 5.60 Å². The van der Waals surface area contributed by atoms with Gasteiger partial charge in [0.15, 0.2) is 0 Å². The van der Waals surface area contributed by atoms with E-state index in [2.05, 4.69) is 19.2 Å². The van der Waals surface area contributed by atoms with Crippen molar-refractivity contribution < 1.29 is 14.6 Å². The van der Waals surface area contributed by atoms with Gasteiger partial charge in [0.05, 0.1) is 12.2 Å². The van der Waals surface area contributed by atoms with Crippen molar-refractivity contribution in [1.82, 2.24) is 5.32 Å². The third kappa shape index (κ3) is 5.33. The monoisotopic (exact) mass is 258 g/mol. The lowest BCUT2D eigenvalue weighted by Crippen LogP contribution is -2.47. The van der Waals surface area contributed by atoms with Gasteiger partial charge in [-0.05, 0) is 31.1 Å². The van der Waals surface area contributed by atoms with Crippen molar-refractivity contribution in [2.45, 2.75) is 45.1 Å². The predicted octanol–water partition coefficient (Wildman–Crippen LogP) is 0.409. The molecule has 0 heterocycles. The van der Waals surface area contributed by atoms with E-state index in [0.29, 0.717) is 25.1 Å². The zero-order valence-corrected chi connectivity index (χ0v) is 11.5. The first-order valence-corrected chi connectivity index (χ1v) is 6.64. The van der Waals surface area contributed by atoms with Gasteiger partial charge in [-0.2, -0.15) is 0 Å². The molecule has 0 aliphatic heterocycles. The number of hydrogen-bond donors (Lipinski definition) is 3. The molecular weight excluding hydrogens is 232 g/mol. The highest BCUT2D eigenvalue weighted by Gasteiger charge is 2.36. The van der Waals surface area contributed by atoms with Crippen LogP contribution in [0.15, 0.2) is 0 Å². The van der Waals surface area contributed by atoms with Crippen LogP contribution in [0, 0.1) is 5.41 Å². The summed E-state index contributed by atoms with van der Waals surface area (Å²) in [7, 11) is 0. The van der Waals surface area contributed by atoms with Crippen LogP contribution in [0.25, 0.3) is 0 Å². The summed E-state index contributed by atoms with van der Waals surface area (Å²) in [5, 5.41) is 13.1. The van der Waals surface area contributed by atoms with Gasteiger partial charge in [0.1, 0.15) is 6.61 Å². The third-order valence-corrected chi connectivity index (χ3v) is 3.64. The number of carbonyl (C=O) groups is 1. The molecular formula is C13H26N2O3. The summed E-state index contributed by atoms with van der Waals surface area (Å²) in [5.41, 5.74) is 4.81. The van der Waals surface area contributed by atoms with Crippen LogP contribution in [0.1, 0.15) is 39.5 Å². The molecule has 0 radical (unpaired) electrons. The molecule has 1 amide bonds. The van der Waals surface area contributed by atoms with Crippen LogP contribution in [-0.4, -0.2) is 42.9 Å². The van der Waals surface area contributed by atoms with Gasteiger partial charge in [-0.1, -0.05) is 13.8 Å². The van der Waals surface area contributed by atoms with Gasteiger partial charge in [0.25, 0.3) is 0 Å². The summed E-state index contributed by atoms with van der Waals surface area (Å²) >= 11 is 0. The zero-order valence-electron chi connectivity index (χ0n) is 11.5. The number of carbonyl (C=O) groups excluding carboxylic acids is 1. The van der Waals surface area contributed by atoms with Crippen LogP contribution in [0.5, 0.6) is 0 Å². The second kappa shape index (κ2) is 6.50. The van der Waals surface area contributed by atoms with E-state index in [0.717, 1.165) is 25.7 Å². The van der Waals surface area contributed by atoms with E-state index in [9.17, 15) is 9.90 Å². The van der Waals surface area contributed by atoms with Crippen molar-refractivity contribution in [1.29, 1.82) is 0 Å². The first-order valence-electron chi connectivity index (χ1n) is 6.64. The average molecular weight is 258 g/mol. The molecule has 0 aromatic carbocycles. The SMILES string of the molecule is CC1(C)CCC(O)(CNC(=O)COCCN)CC1. The first-order chi connectivity index (χ1) is 8.37. The van der Waals surface area contributed by atoms with Crippen LogP contribution in [-0.2, 0) is 9.53 Å². The Morgan fingerprint density at radius 1 is 1.33 bits per heavy atom. The number of nitrogens with one attached hydrogen (secondary N) is 1. The Morgan fingerprint density at radius 3 is 2.50 bits per heavy atom. The number of amides is 1. The third-order valence-electron chi connectivity index (χ3n) is 3.64. The predicted molar refractivity (Wildman–Crippen MR) is 70.1 cm³/mol.